The SMILES string of the molecule is COc1ccccc1[C@@H]1CCCN1C(=O)Cn1ncn2cccc2c1=O. The van der Waals surface area contributed by atoms with Gasteiger partial charge in [0, 0.05) is 18.3 Å². The van der Waals surface area contributed by atoms with Crippen molar-refractivity contribution in [1.82, 2.24) is 19.1 Å². The number of fused-ring (bicyclic) bond motifs is 1. The van der Waals surface area contributed by atoms with Crippen molar-refractivity contribution in [2.24, 2.45) is 0 Å². The van der Waals surface area contributed by atoms with Crippen LogP contribution in [0.2, 0.25) is 0 Å². The van der Waals surface area contributed by atoms with Crippen molar-refractivity contribution in [3.63, 3.8) is 0 Å². The first-order valence-corrected chi connectivity index (χ1v) is 8.64. The zero-order valence-corrected chi connectivity index (χ0v) is 14.5. The summed E-state index contributed by atoms with van der Waals surface area (Å²) in [5.74, 6) is 0.672. The normalized spacial score (nSPS) is 17.0. The van der Waals surface area contributed by atoms with Crippen LogP contribution in [0.4, 0.5) is 0 Å². The van der Waals surface area contributed by atoms with E-state index < -0.39 is 0 Å². The number of likely N-dealkylation sites (tertiary alicyclic amines) is 1. The van der Waals surface area contributed by atoms with Crippen LogP contribution in [0, 0.1) is 0 Å². The molecule has 1 atom stereocenters. The van der Waals surface area contributed by atoms with E-state index in [-0.39, 0.29) is 24.1 Å². The highest BCUT2D eigenvalue weighted by atomic mass is 16.5. The van der Waals surface area contributed by atoms with Gasteiger partial charge in [0.05, 0.1) is 13.2 Å². The number of carbonyl (C=O) groups is 1. The van der Waals surface area contributed by atoms with E-state index in [4.69, 9.17) is 4.74 Å². The molecule has 0 bridgehead atoms. The largest absolute Gasteiger partial charge is 0.496 e. The van der Waals surface area contributed by atoms with Crippen LogP contribution in [-0.4, -0.2) is 38.6 Å². The molecule has 3 aromatic rings. The molecule has 26 heavy (non-hydrogen) atoms. The summed E-state index contributed by atoms with van der Waals surface area (Å²) >= 11 is 0. The minimum Gasteiger partial charge on any atom is -0.496 e. The fourth-order valence-electron chi connectivity index (χ4n) is 3.64. The molecule has 0 radical (unpaired) electrons. The molecule has 2 aromatic heterocycles. The van der Waals surface area contributed by atoms with E-state index in [1.54, 1.807) is 36.2 Å². The van der Waals surface area contributed by atoms with Gasteiger partial charge < -0.3 is 14.0 Å². The highest BCUT2D eigenvalue weighted by molar-refractivity contribution is 5.77. The van der Waals surface area contributed by atoms with Gasteiger partial charge in [0.1, 0.15) is 24.1 Å². The molecule has 7 heteroatoms. The van der Waals surface area contributed by atoms with E-state index in [1.807, 2.05) is 29.2 Å². The van der Waals surface area contributed by atoms with E-state index in [2.05, 4.69) is 5.10 Å². The first-order chi connectivity index (χ1) is 12.7. The number of amides is 1. The lowest BCUT2D eigenvalue weighted by Crippen LogP contribution is -2.37. The Kier molecular flexibility index (Phi) is 4.20. The molecule has 1 amide bonds. The Morgan fingerprint density at radius 3 is 2.96 bits per heavy atom. The molecule has 0 aliphatic carbocycles. The Labute approximate surface area is 150 Å². The quantitative estimate of drug-likeness (QED) is 0.719. The number of nitrogens with zero attached hydrogens (tertiary/aromatic N) is 4. The fraction of sp³-hybridized carbons (Fsp3) is 0.316. The predicted molar refractivity (Wildman–Crippen MR) is 96.1 cm³/mol. The average Bonchev–Trinajstić information content (AvgIpc) is 3.33. The molecule has 3 heterocycles. The lowest BCUT2D eigenvalue weighted by atomic mass is 10.0. The summed E-state index contributed by atoms with van der Waals surface area (Å²) in [5.41, 5.74) is 1.25. The van der Waals surface area contributed by atoms with Gasteiger partial charge in [-0.3, -0.25) is 9.59 Å². The summed E-state index contributed by atoms with van der Waals surface area (Å²) in [6.07, 6.45) is 5.11. The molecule has 7 nitrogen and oxygen atoms in total. The molecule has 4 rings (SSSR count). The third-order valence-corrected chi connectivity index (χ3v) is 4.90. The monoisotopic (exact) mass is 352 g/mol. The van der Waals surface area contributed by atoms with Gasteiger partial charge in [-0.15, -0.1) is 0 Å². The zero-order valence-electron chi connectivity index (χ0n) is 14.5. The Balaban J connectivity index is 1.60. The number of carbonyl (C=O) groups excluding carboxylic acids is 1. The topological polar surface area (TPSA) is 68.8 Å². The van der Waals surface area contributed by atoms with Gasteiger partial charge in [0.15, 0.2) is 0 Å². The minimum absolute atomic E-state index is 0.0358. The van der Waals surface area contributed by atoms with Crippen molar-refractivity contribution in [3.05, 3.63) is 64.8 Å². The van der Waals surface area contributed by atoms with Gasteiger partial charge in [-0.2, -0.15) is 5.10 Å². The summed E-state index contributed by atoms with van der Waals surface area (Å²) in [4.78, 5) is 27.2. The summed E-state index contributed by atoms with van der Waals surface area (Å²) in [6, 6.07) is 11.2. The van der Waals surface area contributed by atoms with Gasteiger partial charge in [0.2, 0.25) is 5.91 Å². The van der Waals surface area contributed by atoms with Crippen LogP contribution in [0.1, 0.15) is 24.4 Å². The summed E-state index contributed by atoms with van der Waals surface area (Å²) in [6.45, 7) is 0.607. The summed E-state index contributed by atoms with van der Waals surface area (Å²) < 4.78 is 8.34. The predicted octanol–water partition coefficient (Wildman–Crippen LogP) is 1.87. The first kappa shape index (κ1) is 16.4. The van der Waals surface area contributed by atoms with Crippen LogP contribution in [0.25, 0.3) is 5.52 Å². The van der Waals surface area contributed by atoms with Crippen LogP contribution in [0.5, 0.6) is 5.75 Å². The van der Waals surface area contributed by atoms with E-state index in [0.29, 0.717) is 12.1 Å². The van der Waals surface area contributed by atoms with Crippen LogP contribution in [-0.2, 0) is 11.3 Å². The van der Waals surface area contributed by atoms with E-state index in [0.717, 1.165) is 24.2 Å². The zero-order chi connectivity index (χ0) is 18.1. The van der Waals surface area contributed by atoms with Gasteiger partial charge in [0.25, 0.3) is 5.56 Å². The molecule has 1 aromatic carbocycles. The molecule has 0 N–H and O–H groups in total. The smallest absolute Gasteiger partial charge is 0.291 e. The molecule has 1 aliphatic rings. The van der Waals surface area contributed by atoms with Crippen molar-refractivity contribution in [1.29, 1.82) is 0 Å². The maximum absolute atomic E-state index is 12.9. The number of aromatic nitrogens is 3. The van der Waals surface area contributed by atoms with Crippen molar-refractivity contribution < 1.29 is 9.53 Å². The second-order valence-electron chi connectivity index (χ2n) is 6.38. The maximum atomic E-state index is 12.9. The van der Waals surface area contributed by atoms with Gasteiger partial charge >= 0.3 is 0 Å². The van der Waals surface area contributed by atoms with Crippen LogP contribution >= 0.6 is 0 Å². The van der Waals surface area contributed by atoms with Crippen molar-refractivity contribution in [2.45, 2.75) is 25.4 Å². The van der Waals surface area contributed by atoms with Crippen LogP contribution in [0.15, 0.2) is 53.7 Å². The Morgan fingerprint density at radius 1 is 1.27 bits per heavy atom. The third kappa shape index (κ3) is 2.75. The summed E-state index contributed by atoms with van der Waals surface area (Å²) in [7, 11) is 1.64. The van der Waals surface area contributed by atoms with E-state index >= 15 is 0 Å². The van der Waals surface area contributed by atoms with Gasteiger partial charge in [-0.05, 0) is 31.0 Å². The number of para-hydroxylation sites is 1. The molecular weight excluding hydrogens is 332 g/mol. The molecule has 0 saturated carbocycles. The highest BCUT2D eigenvalue weighted by Crippen LogP contribution is 2.36. The molecule has 0 spiro atoms. The fourth-order valence-corrected chi connectivity index (χ4v) is 3.64. The Morgan fingerprint density at radius 2 is 2.12 bits per heavy atom. The second-order valence-corrected chi connectivity index (χ2v) is 6.38. The van der Waals surface area contributed by atoms with Crippen molar-refractivity contribution in [3.8, 4) is 5.75 Å². The van der Waals surface area contributed by atoms with Crippen molar-refractivity contribution >= 4 is 11.4 Å². The minimum atomic E-state index is -0.265. The maximum Gasteiger partial charge on any atom is 0.291 e. The van der Waals surface area contributed by atoms with Gasteiger partial charge in [-0.25, -0.2) is 4.68 Å². The standard InChI is InChI=1S/C19H20N4O3/c1-26-17-9-3-2-6-14(17)15-7-5-11-22(15)18(24)12-23-19(25)16-8-4-10-21(16)13-20-23/h2-4,6,8-10,13,15H,5,7,11-12H2,1H3/t15-/m0/s1. The number of ether oxygens (including phenoxy) is 1. The molecular formula is C19H20N4O3. The molecule has 1 saturated heterocycles. The second kappa shape index (κ2) is 6.67. The third-order valence-electron chi connectivity index (χ3n) is 4.90. The summed E-state index contributed by atoms with van der Waals surface area (Å²) in [5, 5.41) is 4.12. The van der Waals surface area contributed by atoms with Crippen LogP contribution < -0.4 is 10.3 Å². The number of methoxy groups -OCH3 is 1. The molecule has 1 fully saturated rings. The molecule has 134 valence electrons. The van der Waals surface area contributed by atoms with Crippen molar-refractivity contribution in [2.75, 3.05) is 13.7 Å². The van der Waals surface area contributed by atoms with Gasteiger partial charge in [-0.1, -0.05) is 18.2 Å². The van der Waals surface area contributed by atoms with Crippen LogP contribution in [0.3, 0.4) is 0 Å². The first-order valence-electron chi connectivity index (χ1n) is 8.64. The average molecular weight is 352 g/mol. The lowest BCUT2D eigenvalue weighted by molar-refractivity contribution is -0.133. The number of rotatable bonds is 4. The number of hydrogen-bond donors (Lipinski definition) is 0. The molecule has 0 unspecified atom stereocenters. The Hall–Kier alpha value is -3.09. The number of benzene rings is 1. The highest BCUT2D eigenvalue weighted by Gasteiger charge is 2.32. The van der Waals surface area contributed by atoms with E-state index in [1.165, 1.54) is 4.68 Å². The molecule has 1 aliphatic heterocycles. The number of hydrogen-bond acceptors (Lipinski definition) is 4. The lowest BCUT2D eigenvalue weighted by Gasteiger charge is -2.26. The Bertz CT molecular complexity index is 1010. The van der Waals surface area contributed by atoms with E-state index in [9.17, 15) is 9.59 Å².